The number of carbonyl (C=O) groups excluding carboxylic acids is 1. The van der Waals surface area contributed by atoms with E-state index in [0.29, 0.717) is 22.4 Å². The van der Waals surface area contributed by atoms with E-state index < -0.39 is 39.7 Å². The molecule has 0 aliphatic carbocycles. The van der Waals surface area contributed by atoms with Crippen LogP contribution in [0.2, 0.25) is 0 Å². The van der Waals surface area contributed by atoms with E-state index in [0.717, 1.165) is 11.3 Å². The van der Waals surface area contributed by atoms with Crippen LogP contribution in [-0.2, 0) is 9.53 Å². The summed E-state index contributed by atoms with van der Waals surface area (Å²) in [5.74, 6) is -1.62. The van der Waals surface area contributed by atoms with Crippen LogP contribution in [0.25, 0.3) is 11.8 Å². The van der Waals surface area contributed by atoms with Crippen molar-refractivity contribution in [2.75, 3.05) is 6.61 Å². The molecular weight excluding hydrogens is 652 g/mol. The van der Waals surface area contributed by atoms with Crippen LogP contribution in [0.1, 0.15) is 29.7 Å². The van der Waals surface area contributed by atoms with Crippen molar-refractivity contribution >= 4 is 57.4 Å². The first-order chi connectivity index (χ1) is 19.2. The number of benzene rings is 3. The summed E-state index contributed by atoms with van der Waals surface area (Å²) in [5, 5.41) is 21.5. The fourth-order valence-corrected chi connectivity index (χ4v) is 6.02. The highest BCUT2D eigenvalue weighted by molar-refractivity contribution is 14.1. The van der Waals surface area contributed by atoms with E-state index in [9.17, 15) is 29.2 Å². The highest BCUT2D eigenvalue weighted by Gasteiger charge is 2.35. The largest absolute Gasteiger partial charge is 0.501 e. The molecule has 0 saturated heterocycles. The number of aromatic hydroxyl groups is 1. The minimum Gasteiger partial charge on any atom is -0.501 e. The Morgan fingerprint density at radius 1 is 1.23 bits per heavy atom. The van der Waals surface area contributed by atoms with Crippen LogP contribution in [0.5, 0.6) is 5.75 Å². The van der Waals surface area contributed by atoms with Gasteiger partial charge in [0.05, 0.1) is 36.9 Å². The number of nitrogens with zero attached hydrogens (tertiary/aromatic N) is 3. The molecule has 1 aliphatic heterocycles. The average molecular weight is 671 g/mol. The van der Waals surface area contributed by atoms with Gasteiger partial charge in [-0.3, -0.25) is 19.5 Å². The number of nitro groups is 1. The summed E-state index contributed by atoms with van der Waals surface area (Å²) in [4.78, 5) is 43.0. The SMILES string of the molecule is CCOC(=O)C1=C(c2ccccc2)N=c2s/c(=C\c3cc(I)c(O)c([N+](=O)[O-])c3)c(=O)n2[C@@H]1c1ccc(F)cc1. The summed E-state index contributed by atoms with van der Waals surface area (Å²) in [6.45, 7) is 1.75. The molecule has 5 rings (SSSR count). The molecule has 4 aromatic rings. The predicted octanol–water partition coefficient (Wildman–Crippen LogP) is 4.29. The lowest BCUT2D eigenvalue weighted by Gasteiger charge is -2.25. The number of rotatable bonds is 6. The van der Waals surface area contributed by atoms with Gasteiger partial charge in [-0.2, -0.15) is 0 Å². The highest BCUT2D eigenvalue weighted by Crippen LogP contribution is 2.35. The molecule has 12 heteroatoms. The van der Waals surface area contributed by atoms with Gasteiger partial charge in [-0.25, -0.2) is 14.2 Å². The number of fused-ring (bicyclic) bond motifs is 1. The van der Waals surface area contributed by atoms with Gasteiger partial charge in [0.15, 0.2) is 4.80 Å². The Morgan fingerprint density at radius 3 is 2.58 bits per heavy atom. The molecule has 0 spiro atoms. The van der Waals surface area contributed by atoms with Crippen molar-refractivity contribution in [2.24, 2.45) is 4.99 Å². The van der Waals surface area contributed by atoms with Crippen molar-refractivity contribution < 1.29 is 24.0 Å². The molecule has 1 atom stereocenters. The van der Waals surface area contributed by atoms with E-state index in [-0.39, 0.29) is 25.1 Å². The molecule has 0 saturated carbocycles. The zero-order valence-electron chi connectivity index (χ0n) is 20.7. The Labute approximate surface area is 243 Å². The third-order valence-corrected chi connectivity index (χ3v) is 7.92. The molecule has 202 valence electrons. The maximum Gasteiger partial charge on any atom is 0.338 e. The smallest absolute Gasteiger partial charge is 0.338 e. The van der Waals surface area contributed by atoms with E-state index in [1.165, 1.54) is 47.0 Å². The molecule has 1 aromatic heterocycles. The monoisotopic (exact) mass is 671 g/mol. The number of thiazole rings is 1. The number of phenols is 1. The Kier molecular flexibility index (Phi) is 7.63. The first kappa shape index (κ1) is 27.4. The van der Waals surface area contributed by atoms with Crippen LogP contribution in [-0.4, -0.2) is 27.2 Å². The summed E-state index contributed by atoms with van der Waals surface area (Å²) in [7, 11) is 0. The van der Waals surface area contributed by atoms with Gasteiger partial charge >= 0.3 is 11.7 Å². The quantitative estimate of drug-likeness (QED) is 0.141. The number of hydrogen-bond donors (Lipinski definition) is 1. The standard InChI is InChI=1S/C28H19FIN3O6S/c1-2-39-27(36)22-23(16-6-4-3-5-7-16)31-28-32(24(22)17-8-10-18(29)11-9-17)26(35)21(40-28)14-15-12-19(30)25(34)20(13-15)33(37)38/h3-14,24,34H,2H2,1H3/b21-14-/t24-/m1/s1. The number of hydrogen-bond acceptors (Lipinski definition) is 8. The van der Waals surface area contributed by atoms with E-state index in [2.05, 4.69) is 0 Å². The number of aromatic nitrogens is 1. The summed E-state index contributed by atoms with van der Waals surface area (Å²) in [6, 6.07) is 16.2. The molecule has 0 unspecified atom stereocenters. The van der Waals surface area contributed by atoms with Crippen LogP contribution in [0.3, 0.4) is 0 Å². The minimum atomic E-state index is -0.984. The Bertz CT molecular complexity index is 1870. The molecule has 2 heterocycles. The summed E-state index contributed by atoms with van der Waals surface area (Å²) < 4.78 is 21.1. The van der Waals surface area contributed by atoms with Gasteiger partial charge in [-0.1, -0.05) is 53.8 Å². The Morgan fingerprint density at radius 2 is 1.93 bits per heavy atom. The fraction of sp³-hybridized carbons (Fsp3) is 0.107. The second-order valence-corrected chi connectivity index (χ2v) is 10.8. The molecule has 0 fully saturated rings. The summed E-state index contributed by atoms with van der Waals surface area (Å²) >= 11 is 2.82. The van der Waals surface area contributed by atoms with Crippen LogP contribution in [0, 0.1) is 19.5 Å². The molecule has 0 amide bonds. The van der Waals surface area contributed by atoms with Gasteiger partial charge in [0.1, 0.15) is 5.82 Å². The van der Waals surface area contributed by atoms with Crippen molar-refractivity contribution in [1.82, 2.24) is 4.57 Å². The molecule has 40 heavy (non-hydrogen) atoms. The lowest BCUT2D eigenvalue weighted by atomic mass is 9.93. The van der Waals surface area contributed by atoms with E-state index in [4.69, 9.17) is 9.73 Å². The van der Waals surface area contributed by atoms with Gasteiger partial charge < -0.3 is 9.84 Å². The number of phenolic OH excluding ortho intramolecular Hbond substituents is 1. The maximum absolute atomic E-state index is 13.9. The summed E-state index contributed by atoms with van der Waals surface area (Å²) in [5.41, 5.74) is 0.855. The van der Waals surface area contributed by atoms with Crippen molar-refractivity contribution in [3.05, 3.63) is 128 Å². The number of ether oxygens (including phenoxy) is 1. The zero-order valence-corrected chi connectivity index (χ0v) is 23.7. The van der Waals surface area contributed by atoms with Gasteiger partial charge in [0.25, 0.3) is 5.56 Å². The molecule has 3 aromatic carbocycles. The van der Waals surface area contributed by atoms with Crippen LogP contribution < -0.4 is 14.9 Å². The van der Waals surface area contributed by atoms with Crippen LogP contribution in [0.15, 0.2) is 82.1 Å². The average Bonchev–Trinajstić information content (AvgIpc) is 3.25. The topological polar surface area (TPSA) is 124 Å². The van der Waals surface area contributed by atoms with Crippen molar-refractivity contribution in [3.63, 3.8) is 0 Å². The Balaban J connectivity index is 1.82. The maximum atomic E-state index is 13.9. The predicted molar refractivity (Wildman–Crippen MR) is 155 cm³/mol. The molecule has 9 nitrogen and oxygen atoms in total. The second-order valence-electron chi connectivity index (χ2n) is 8.61. The first-order valence-electron chi connectivity index (χ1n) is 11.9. The lowest BCUT2D eigenvalue weighted by molar-refractivity contribution is -0.386. The molecule has 1 aliphatic rings. The normalized spacial score (nSPS) is 15.0. The third-order valence-electron chi connectivity index (χ3n) is 6.12. The van der Waals surface area contributed by atoms with Gasteiger partial charge in [0, 0.05) is 11.6 Å². The number of nitro benzene ring substituents is 1. The lowest BCUT2D eigenvalue weighted by Crippen LogP contribution is -2.40. The molecule has 0 bridgehead atoms. The zero-order chi connectivity index (χ0) is 28.6. The van der Waals surface area contributed by atoms with E-state index in [1.807, 2.05) is 6.07 Å². The minimum absolute atomic E-state index is 0.0865. The molecular formula is C28H19FIN3O6S. The van der Waals surface area contributed by atoms with E-state index >= 15 is 0 Å². The highest BCUT2D eigenvalue weighted by atomic mass is 127. The third kappa shape index (κ3) is 5.07. The summed E-state index contributed by atoms with van der Waals surface area (Å²) in [6.07, 6.45) is 1.47. The van der Waals surface area contributed by atoms with Crippen molar-refractivity contribution in [1.29, 1.82) is 0 Å². The van der Waals surface area contributed by atoms with Crippen LogP contribution in [0.4, 0.5) is 10.1 Å². The van der Waals surface area contributed by atoms with Gasteiger partial charge in [0.2, 0.25) is 5.75 Å². The van der Waals surface area contributed by atoms with Gasteiger partial charge in [-0.15, -0.1) is 0 Å². The van der Waals surface area contributed by atoms with Gasteiger partial charge in [-0.05, 0) is 64.9 Å². The van der Waals surface area contributed by atoms with Crippen molar-refractivity contribution in [2.45, 2.75) is 13.0 Å². The molecule has 1 N–H and O–H groups in total. The second kappa shape index (κ2) is 11.1. The first-order valence-corrected chi connectivity index (χ1v) is 13.8. The molecule has 0 radical (unpaired) electrons. The number of esters is 1. The van der Waals surface area contributed by atoms with Crippen molar-refractivity contribution in [3.8, 4) is 5.75 Å². The number of carbonyl (C=O) groups is 1. The van der Waals surface area contributed by atoms with E-state index in [1.54, 1.807) is 53.8 Å². The Hall–Kier alpha value is -4.17. The fourth-order valence-electron chi connectivity index (χ4n) is 4.38. The van der Waals surface area contributed by atoms with Crippen LogP contribution >= 0.6 is 33.9 Å². The number of halogens is 2.